The minimum Gasteiger partial charge on any atom is -0.303 e. The van der Waals surface area contributed by atoms with Gasteiger partial charge in [-0.05, 0) is 12.5 Å². The molecule has 3 aromatic heterocycles. The molecular formula is C15H11N5OS. The molecule has 0 aliphatic heterocycles. The summed E-state index contributed by atoms with van der Waals surface area (Å²) in [5.74, 6) is 0.844. The zero-order valence-electron chi connectivity index (χ0n) is 11.6. The van der Waals surface area contributed by atoms with Crippen molar-refractivity contribution in [3.8, 4) is 22.8 Å². The summed E-state index contributed by atoms with van der Waals surface area (Å²) in [5, 5.41) is 9.04. The molecule has 0 bridgehead atoms. The Hall–Kier alpha value is -2.80. The summed E-state index contributed by atoms with van der Waals surface area (Å²) in [6.07, 6.45) is 1.38. The number of nitrogens with one attached hydrogen (secondary N) is 2. The van der Waals surface area contributed by atoms with Crippen molar-refractivity contribution < 1.29 is 0 Å². The summed E-state index contributed by atoms with van der Waals surface area (Å²) in [5.41, 5.74) is 2.92. The highest BCUT2D eigenvalue weighted by molar-refractivity contribution is 7.17. The van der Waals surface area contributed by atoms with Crippen molar-refractivity contribution >= 4 is 21.6 Å². The number of hydrogen-bond acceptors (Lipinski definition) is 5. The van der Waals surface area contributed by atoms with Crippen LogP contribution in [0.3, 0.4) is 0 Å². The zero-order chi connectivity index (χ0) is 15.1. The number of benzene rings is 1. The summed E-state index contributed by atoms with van der Waals surface area (Å²) in [7, 11) is 0. The molecule has 108 valence electrons. The Morgan fingerprint density at radius 2 is 1.95 bits per heavy atom. The van der Waals surface area contributed by atoms with Crippen molar-refractivity contribution in [3.05, 3.63) is 51.9 Å². The molecule has 0 amide bonds. The number of aromatic amines is 2. The van der Waals surface area contributed by atoms with Gasteiger partial charge in [0, 0.05) is 10.9 Å². The van der Waals surface area contributed by atoms with Crippen molar-refractivity contribution in [2.75, 3.05) is 0 Å². The number of nitrogens with zero attached hydrogens (tertiary/aromatic N) is 3. The van der Waals surface area contributed by atoms with Crippen LogP contribution >= 0.6 is 11.3 Å². The van der Waals surface area contributed by atoms with Crippen LogP contribution in [0.4, 0.5) is 0 Å². The maximum atomic E-state index is 12.5. The lowest BCUT2D eigenvalue weighted by Gasteiger charge is -2.01. The van der Waals surface area contributed by atoms with E-state index >= 15 is 0 Å². The van der Waals surface area contributed by atoms with Crippen LogP contribution < -0.4 is 5.56 Å². The second-order valence-corrected chi connectivity index (χ2v) is 5.80. The lowest BCUT2D eigenvalue weighted by Crippen LogP contribution is -2.09. The van der Waals surface area contributed by atoms with Gasteiger partial charge in [-0.25, -0.2) is 9.97 Å². The minimum absolute atomic E-state index is 0.173. The van der Waals surface area contributed by atoms with E-state index in [0.29, 0.717) is 21.9 Å². The average Bonchev–Trinajstić information content (AvgIpc) is 3.17. The number of rotatable bonds is 2. The first kappa shape index (κ1) is 12.9. The van der Waals surface area contributed by atoms with Crippen LogP contribution in [0.5, 0.6) is 0 Å². The van der Waals surface area contributed by atoms with E-state index in [9.17, 15) is 4.79 Å². The first-order valence-corrected chi connectivity index (χ1v) is 7.54. The number of aromatic nitrogens is 5. The molecule has 0 saturated carbocycles. The Bertz CT molecular complexity index is 999. The van der Waals surface area contributed by atoms with Gasteiger partial charge in [0.1, 0.15) is 11.2 Å². The number of hydrogen-bond donors (Lipinski definition) is 2. The van der Waals surface area contributed by atoms with Crippen molar-refractivity contribution in [1.82, 2.24) is 25.1 Å². The molecule has 4 rings (SSSR count). The molecule has 2 N–H and O–H groups in total. The fourth-order valence-corrected chi connectivity index (χ4v) is 3.27. The molecule has 22 heavy (non-hydrogen) atoms. The molecule has 0 fully saturated rings. The maximum absolute atomic E-state index is 12.5. The highest BCUT2D eigenvalue weighted by atomic mass is 32.1. The summed E-state index contributed by atoms with van der Waals surface area (Å²) in [6, 6.07) is 8.09. The number of H-pyrrole nitrogens is 2. The summed E-state index contributed by atoms with van der Waals surface area (Å²) < 4.78 is 0. The van der Waals surface area contributed by atoms with Gasteiger partial charge in [0.25, 0.3) is 5.56 Å². The largest absolute Gasteiger partial charge is 0.303 e. The topological polar surface area (TPSA) is 87.3 Å². The van der Waals surface area contributed by atoms with E-state index in [2.05, 4.69) is 25.1 Å². The Kier molecular flexibility index (Phi) is 2.87. The first-order chi connectivity index (χ1) is 10.7. The van der Waals surface area contributed by atoms with Gasteiger partial charge in [-0.3, -0.25) is 9.89 Å². The fraction of sp³-hybridized carbons (Fsp3) is 0.0667. The Labute approximate surface area is 128 Å². The van der Waals surface area contributed by atoms with Crippen LogP contribution in [0.25, 0.3) is 33.0 Å². The number of thiophene rings is 1. The molecule has 0 unspecified atom stereocenters. The third-order valence-electron chi connectivity index (χ3n) is 3.45. The molecule has 0 radical (unpaired) electrons. The van der Waals surface area contributed by atoms with Crippen molar-refractivity contribution in [2.45, 2.75) is 6.92 Å². The molecule has 3 heterocycles. The predicted molar refractivity (Wildman–Crippen MR) is 85.8 cm³/mol. The Morgan fingerprint density at radius 3 is 2.68 bits per heavy atom. The Balaban J connectivity index is 1.93. The normalized spacial score (nSPS) is 11.1. The lowest BCUT2D eigenvalue weighted by atomic mass is 10.1. The van der Waals surface area contributed by atoms with Crippen LogP contribution in [0, 0.1) is 6.92 Å². The zero-order valence-corrected chi connectivity index (χ0v) is 12.4. The second-order valence-electron chi connectivity index (χ2n) is 4.94. The van der Waals surface area contributed by atoms with Gasteiger partial charge < -0.3 is 4.98 Å². The van der Waals surface area contributed by atoms with E-state index in [1.165, 1.54) is 23.2 Å². The maximum Gasteiger partial charge on any atom is 0.260 e. The van der Waals surface area contributed by atoms with Gasteiger partial charge in [0.2, 0.25) is 0 Å². The minimum atomic E-state index is -0.173. The van der Waals surface area contributed by atoms with Crippen LogP contribution in [-0.2, 0) is 0 Å². The summed E-state index contributed by atoms with van der Waals surface area (Å²) in [4.78, 5) is 24.4. The van der Waals surface area contributed by atoms with Crippen LogP contribution in [-0.4, -0.2) is 25.1 Å². The fourth-order valence-electron chi connectivity index (χ4n) is 2.33. The van der Waals surface area contributed by atoms with E-state index in [1.807, 2.05) is 36.6 Å². The SMILES string of the molecule is Cc1ccc(-c2csc3nc(-c4ncn[nH]4)[nH]c(=O)c23)cc1. The Morgan fingerprint density at radius 1 is 1.14 bits per heavy atom. The lowest BCUT2D eigenvalue weighted by molar-refractivity contribution is 1.06. The van der Waals surface area contributed by atoms with E-state index in [-0.39, 0.29) is 5.56 Å². The van der Waals surface area contributed by atoms with E-state index in [0.717, 1.165) is 11.1 Å². The molecule has 0 atom stereocenters. The molecule has 1 aromatic carbocycles. The molecular weight excluding hydrogens is 298 g/mol. The van der Waals surface area contributed by atoms with Gasteiger partial charge in [0.15, 0.2) is 11.6 Å². The quantitative estimate of drug-likeness (QED) is 0.596. The van der Waals surface area contributed by atoms with Gasteiger partial charge in [-0.2, -0.15) is 5.10 Å². The van der Waals surface area contributed by atoms with Crippen LogP contribution in [0.1, 0.15) is 5.56 Å². The van der Waals surface area contributed by atoms with Crippen LogP contribution in [0.15, 0.2) is 40.8 Å². The average molecular weight is 309 g/mol. The third kappa shape index (κ3) is 2.03. The van der Waals surface area contributed by atoms with E-state index in [4.69, 9.17) is 0 Å². The monoisotopic (exact) mass is 309 g/mol. The van der Waals surface area contributed by atoms with Crippen molar-refractivity contribution in [3.63, 3.8) is 0 Å². The number of aryl methyl sites for hydroxylation is 1. The first-order valence-electron chi connectivity index (χ1n) is 6.66. The van der Waals surface area contributed by atoms with Gasteiger partial charge in [0.05, 0.1) is 5.39 Å². The molecule has 0 aliphatic carbocycles. The predicted octanol–water partition coefficient (Wildman–Crippen LogP) is 2.75. The van der Waals surface area contributed by atoms with E-state index in [1.54, 1.807) is 0 Å². The summed E-state index contributed by atoms with van der Waals surface area (Å²) >= 11 is 1.45. The van der Waals surface area contributed by atoms with Gasteiger partial charge in [-0.1, -0.05) is 29.8 Å². The van der Waals surface area contributed by atoms with Crippen molar-refractivity contribution in [1.29, 1.82) is 0 Å². The van der Waals surface area contributed by atoms with Crippen molar-refractivity contribution in [2.24, 2.45) is 0 Å². The standard InChI is InChI=1S/C15H11N5OS/c1-8-2-4-9(5-3-8)10-6-22-15-11(10)14(21)18-13(19-15)12-16-7-17-20-12/h2-7H,1H3,(H,16,17,20)(H,18,19,21). The van der Waals surface area contributed by atoms with E-state index < -0.39 is 0 Å². The molecule has 6 nitrogen and oxygen atoms in total. The highest BCUT2D eigenvalue weighted by Crippen LogP contribution is 2.31. The molecule has 4 aromatic rings. The second kappa shape index (κ2) is 4.88. The molecule has 0 spiro atoms. The molecule has 0 aliphatic rings. The number of fused-ring (bicyclic) bond motifs is 1. The van der Waals surface area contributed by atoms with Crippen LogP contribution in [0.2, 0.25) is 0 Å². The van der Waals surface area contributed by atoms with Gasteiger partial charge in [-0.15, -0.1) is 11.3 Å². The smallest absolute Gasteiger partial charge is 0.260 e. The van der Waals surface area contributed by atoms with Gasteiger partial charge >= 0.3 is 0 Å². The molecule has 7 heteroatoms. The summed E-state index contributed by atoms with van der Waals surface area (Å²) in [6.45, 7) is 2.04. The highest BCUT2D eigenvalue weighted by Gasteiger charge is 2.14. The third-order valence-corrected chi connectivity index (χ3v) is 4.32. The molecule has 0 saturated heterocycles.